The van der Waals surface area contributed by atoms with Crippen molar-refractivity contribution in [1.29, 1.82) is 0 Å². The second kappa shape index (κ2) is 14.1. The maximum atomic E-state index is 14.3. The molecular formula is C34H26O23. The van der Waals surface area contributed by atoms with E-state index in [0.29, 0.717) is 30.3 Å². The number of aliphatic hydroxyl groups excluding tert-OH is 2. The van der Waals surface area contributed by atoms with Crippen molar-refractivity contribution in [2.24, 2.45) is 0 Å². The van der Waals surface area contributed by atoms with Gasteiger partial charge in [0.15, 0.2) is 70.2 Å². The van der Waals surface area contributed by atoms with E-state index >= 15 is 0 Å². The Morgan fingerprint density at radius 1 is 0.632 bits per heavy atom. The molecule has 2 aliphatic heterocycles. The molecule has 23 heteroatoms. The molecule has 0 aliphatic carbocycles. The number of carbonyl (C=O) groups is 4. The number of ether oxygens (including phenoxy) is 5. The average molecular weight is 803 g/mol. The second-order valence-corrected chi connectivity index (χ2v) is 12.1. The molecule has 5 atom stereocenters. The highest BCUT2D eigenvalue weighted by molar-refractivity contribution is 6.10. The summed E-state index contributed by atoms with van der Waals surface area (Å²) in [5.41, 5.74) is -6.26. The van der Waals surface area contributed by atoms with Gasteiger partial charge in [0.2, 0.25) is 23.0 Å². The molecule has 57 heavy (non-hydrogen) atoms. The molecule has 2 heterocycles. The fourth-order valence-electron chi connectivity index (χ4n) is 5.84. The molecular weight excluding hydrogens is 776 g/mol. The van der Waals surface area contributed by atoms with E-state index in [1.165, 1.54) is 0 Å². The molecule has 1 unspecified atom stereocenters. The van der Waals surface area contributed by atoms with Crippen LogP contribution in [0.4, 0.5) is 0 Å². The molecule has 0 spiro atoms. The number of phenolic OH excluding ortho intramolecular Hbond substituents is 11. The summed E-state index contributed by atoms with van der Waals surface area (Å²) < 4.78 is 26.4. The number of hydrogen-bond donors (Lipinski definition) is 14. The summed E-state index contributed by atoms with van der Waals surface area (Å²) in [5, 5.41) is 146. The molecule has 14 N–H and O–H groups in total. The van der Waals surface area contributed by atoms with Crippen molar-refractivity contribution in [2.75, 3.05) is 6.61 Å². The lowest BCUT2D eigenvalue weighted by atomic mass is 9.91. The van der Waals surface area contributed by atoms with E-state index in [1.807, 2.05) is 0 Å². The van der Waals surface area contributed by atoms with Gasteiger partial charge in [-0.15, -0.1) is 0 Å². The van der Waals surface area contributed by atoms with Crippen LogP contribution in [0.5, 0.6) is 74.7 Å². The van der Waals surface area contributed by atoms with Gasteiger partial charge in [0.05, 0.1) is 22.3 Å². The number of carboxylic acids is 1. The Labute approximate surface area is 314 Å². The number of aromatic hydroxyl groups is 11. The number of cyclic esters (lactones) is 1. The maximum absolute atomic E-state index is 14.3. The van der Waals surface area contributed by atoms with Crippen LogP contribution in [0.3, 0.4) is 0 Å². The highest BCUT2D eigenvalue weighted by Gasteiger charge is 2.51. The molecule has 0 aromatic heterocycles. The number of esters is 3. The van der Waals surface area contributed by atoms with Crippen LogP contribution >= 0.6 is 0 Å². The quantitative estimate of drug-likeness (QED) is 0.0746. The molecule has 300 valence electrons. The zero-order chi connectivity index (χ0) is 41.9. The molecule has 2 aliphatic rings. The average Bonchev–Trinajstić information content (AvgIpc) is 3.17. The number of hydrogen-bond acceptors (Lipinski definition) is 22. The van der Waals surface area contributed by atoms with Gasteiger partial charge in [0.1, 0.15) is 24.4 Å². The monoisotopic (exact) mass is 802 g/mol. The van der Waals surface area contributed by atoms with Crippen molar-refractivity contribution >= 4 is 23.9 Å². The number of aliphatic hydroxyl groups is 2. The Morgan fingerprint density at radius 3 is 1.84 bits per heavy atom. The lowest BCUT2D eigenvalue weighted by Crippen LogP contribution is -2.61. The van der Waals surface area contributed by atoms with Crippen molar-refractivity contribution in [3.63, 3.8) is 0 Å². The van der Waals surface area contributed by atoms with Crippen LogP contribution in [-0.4, -0.2) is 133 Å². The lowest BCUT2D eigenvalue weighted by molar-refractivity contribution is -0.284. The molecule has 0 radical (unpaired) electrons. The van der Waals surface area contributed by atoms with Gasteiger partial charge in [-0.1, -0.05) is 0 Å². The smallest absolute Gasteiger partial charge is 0.343 e. The third-order valence-electron chi connectivity index (χ3n) is 8.62. The molecule has 0 amide bonds. The van der Waals surface area contributed by atoms with Gasteiger partial charge in [-0.2, -0.15) is 0 Å². The highest BCUT2D eigenvalue weighted by Crippen LogP contribution is 2.58. The molecule has 4 aromatic rings. The van der Waals surface area contributed by atoms with Gasteiger partial charge in [-0.05, 0) is 30.3 Å². The van der Waals surface area contributed by atoms with Crippen LogP contribution < -0.4 is 4.74 Å². The van der Waals surface area contributed by atoms with E-state index in [4.69, 9.17) is 23.7 Å². The fourth-order valence-corrected chi connectivity index (χ4v) is 5.84. The summed E-state index contributed by atoms with van der Waals surface area (Å²) in [6.07, 6.45) is -11.2. The number of carboxylic acid groups (broad SMARTS) is 1. The normalized spacial score (nSPS) is 20.4. The van der Waals surface area contributed by atoms with Crippen LogP contribution in [0.2, 0.25) is 0 Å². The minimum absolute atomic E-state index is 0.446. The standard InChI is InChI=1S/C34H26O23/c35-10-2-8(3-11(36)19(10)39)31(49)57-29-26(46)27-15(55-34(29)52)6-53-32(50)9-5-13(38)21(41)22(42)16(9)17-18(33(51)56-27)28(25(45)24(44)23(17)43)54-14-4-7(30(47)48)1-12(37)20(14)40/h1-5,15,26-27,29,34-46,52H,6H2,(H,47,48)/t15-,26+,27-,29-,34?/m1/s1. The van der Waals surface area contributed by atoms with E-state index in [1.54, 1.807) is 0 Å². The van der Waals surface area contributed by atoms with Crippen molar-refractivity contribution in [1.82, 2.24) is 0 Å². The van der Waals surface area contributed by atoms with Crippen LogP contribution in [0, 0.1) is 0 Å². The molecule has 23 nitrogen and oxygen atoms in total. The molecule has 1 fully saturated rings. The van der Waals surface area contributed by atoms with Crippen molar-refractivity contribution in [2.45, 2.75) is 30.7 Å². The number of benzene rings is 4. The largest absolute Gasteiger partial charge is 0.504 e. The van der Waals surface area contributed by atoms with E-state index in [-0.39, 0.29) is 0 Å². The minimum atomic E-state index is -2.41. The zero-order valence-corrected chi connectivity index (χ0v) is 27.9. The minimum Gasteiger partial charge on any atom is -0.504 e. The first-order valence-corrected chi connectivity index (χ1v) is 15.6. The second-order valence-electron chi connectivity index (χ2n) is 12.1. The maximum Gasteiger partial charge on any atom is 0.343 e. The van der Waals surface area contributed by atoms with Gasteiger partial charge in [-0.25, -0.2) is 19.2 Å². The summed E-state index contributed by atoms with van der Waals surface area (Å²) in [4.78, 5) is 52.5. The number of fused-ring (bicyclic) bond motifs is 4. The van der Waals surface area contributed by atoms with Crippen molar-refractivity contribution in [3.05, 3.63) is 52.6 Å². The third-order valence-corrected chi connectivity index (χ3v) is 8.62. The Morgan fingerprint density at radius 2 is 1.21 bits per heavy atom. The summed E-state index contributed by atoms with van der Waals surface area (Å²) in [6.45, 7) is -1.09. The highest BCUT2D eigenvalue weighted by atomic mass is 16.7. The molecule has 0 bridgehead atoms. The van der Waals surface area contributed by atoms with Crippen LogP contribution in [0.1, 0.15) is 41.4 Å². The summed E-state index contributed by atoms with van der Waals surface area (Å²) >= 11 is 0. The Hall–Kier alpha value is -7.76. The van der Waals surface area contributed by atoms with Crippen molar-refractivity contribution < 1.29 is 114 Å². The van der Waals surface area contributed by atoms with Crippen LogP contribution in [-0.2, 0) is 18.9 Å². The first-order chi connectivity index (χ1) is 26.7. The number of rotatable bonds is 5. The fraction of sp³-hybridized carbons (Fsp3) is 0.176. The molecule has 4 aromatic carbocycles. The molecule has 1 saturated heterocycles. The number of carbonyl (C=O) groups excluding carboxylic acids is 3. The first-order valence-electron chi connectivity index (χ1n) is 15.6. The first kappa shape index (κ1) is 38.9. The van der Waals surface area contributed by atoms with E-state index in [0.717, 1.165) is 0 Å². The van der Waals surface area contributed by atoms with E-state index in [9.17, 15) is 90.7 Å². The summed E-state index contributed by atoms with van der Waals surface area (Å²) in [5.74, 6) is -23.5. The van der Waals surface area contributed by atoms with Crippen molar-refractivity contribution in [3.8, 4) is 85.9 Å². The Bertz CT molecular complexity index is 2360. The molecule has 6 rings (SSSR count). The van der Waals surface area contributed by atoms with Crippen LogP contribution in [0.25, 0.3) is 11.1 Å². The third kappa shape index (κ3) is 6.58. The summed E-state index contributed by atoms with van der Waals surface area (Å²) in [6, 6.07) is 2.78. The Balaban J connectivity index is 1.55. The lowest BCUT2D eigenvalue weighted by Gasteiger charge is -2.41. The van der Waals surface area contributed by atoms with Gasteiger partial charge in [0, 0.05) is 5.56 Å². The number of aromatic carboxylic acids is 1. The predicted octanol–water partition coefficient (Wildman–Crippen LogP) is 0.605. The number of phenols is 11. The zero-order valence-electron chi connectivity index (χ0n) is 27.9. The van der Waals surface area contributed by atoms with E-state index in [2.05, 4.69) is 0 Å². The SMILES string of the molecule is O=C(O)c1cc(O)c(O)c(Oc2c(O)c(O)c(O)c3c2C(=O)O[C@H]2[C@H](O)[C@@H](OC(=O)c4cc(O)c(O)c(O)c4)C(O)O[C@@H]2COC(=O)c2cc(O)c(O)c(O)c2-3)c1. The van der Waals surface area contributed by atoms with Gasteiger partial charge in [0.25, 0.3) is 0 Å². The van der Waals surface area contributed by atoms with Gasteiger partial charge in [-0.3, -0.25) is 0 Å². The van der Waals surface area contributed by atoms with Crippen LogP contribution in [0.15, 0.2) is 30.3 Å². The van der Waals surface area contributed by atoms with E-state index < -0.39 is 169 Å². The topological polar surface area (TPSA) is 398 Å². The Kier molecular flexibility index (Phi) is 9.67. The summed E-state index contributed by atoms with van der Waals surface area (Å²) in [7, 11) is 0. The molecule has 0 saturated carbocycles. The predicted molar refractivity (Wildman–Crippen MR) is 176 cm³/mol. The van der Waals surface area contributed by atoms with Gasteiger partial charge >= 0.3 is 23.9 Å². The van der Waals surface area contributed by atoms with Gasteiger partial charge < -0.3 is 95.2 Å².